The van der Waals surface area contributed by atoms with E-state index in [0.717, 1.165) is 0 Å². The minimum Gasteiger partial charge on any atom is -0.394 e. The van der Waals surface area contributed by atoms with Gasteiger partial charge < -0.3 is 50.0 Å². The summed E-state index contributed by atoms with van der Waals surface area (Å²) in [5.74, 6) is 0. The van der Waals surface area contributed by atoms with Gasteiger partial charge in [0.25, 0.3) is 0 Å². The van der Waals surface area contributed by atoms with Gasteiger partial charge in [0.15, 0.2) is 6.29 Å². The van der Waals surface area contributed by atoms with Crippen molar-refractivity contribution in [1.29, 1.82) is 0 Å². The third-order valence-electron chi connectivity index (χ3n) is 3.91. The summed E-state index contributed by atoms with van der Waals surface area (Å²) in [5.41, 5.74) is 0. The lowest BCUT2D eigenvalue weighted by molar-refractivity contribution is -0.293. The number of hydrogen-bond acceptors (Lipinski definition) is 10. The monoisotopic (exact) mass is 342 g/mol. The van der Waals surface area contributed by atoms with E-state index in [-0.39, 0.29) is 0 Å². The molecule has 1 aliphatic rings. The lowest BCUT2D eigenvalue weighted by atomic mass is 9.95. The largest absolute Gasteiger partial charge is 0.394 e. The number of ether oxygens (including phenoxy) is 3. The Morgan fingerprint density at radius 2 is 1.65 bits per heavy atom. The molecule has 138 valence electrons. The molecule has 1 fully saturated rings. The molecule has 23 heavy (non-hydrogen) atoms. The van der Waals surface area contributed by atoms with Gasteiger partial charge in [-0.05, 0) is 6.92 Å². The molecule has 9 atom stereocenters. The van der Waals surface area contributed by atoms with Crippen molar-refractivity contribution >= 4 is 0 Å². The molecule has 1 aliphatic heterocycles. The van der Waals surface area contributed by atoms with Gasteiger partial charge in [0.1, 0.15) is 42.7 Å². The molecule has 0 aromatic rings. The second-order valence-electron chi connectivity index (χ2n) is 5.47. The van der Waals surface area contributed by atoms with E-state index >= 15 is 0 Å². The Balaban J connectivity index is 2.74. The summed E-state index contributed by atoms with van der Waals surface area (Å²) in [6.45, 7) is 0.350. The molecular formula is C13H26O10. The highest BCUT2D eigenvalue weighted by Gasteiger charge is 2.45. The van der Waals surface area contributed by atoms with E-state index in [9.17, 15) is 25.5 Å². The average molecular weight is 342 g/mol. The summed E-state index contributed by atoms with van der Waals surface area (Å²) < 4.78 is 15.0. The minimum atomic E-state index is -1.98. The maximum atomic E-state index is 10.00. The summed E-state index contributed by atoms with van der Waals surface area (Å²) in [6.07, 6.45) is -12.6. The second-order valence-corrected chi connectivity index (χ2v) is 5.47. The van der Waals surface area contributed by atoms with Crippen molar-refractivity contribution in [2.24, 2.45) is 0 Å². The van der Waals surface area contributed by atoms with Crippen LogP contribution in [0.25, 0.3) is 0 Å². The Hall–Kier alpha value is -0.400. The topological polar surface area (TPSA) is 169 Å². The highest BCUT2D eigenvalue weighted by Crippen LogP contribution is 2.25. The lowest BCUT2D eigenvalue weighted by Crippen LogP contribution is -2.60. The van der Waals surface area contributed by atoms with Crippen LogP contribution in [0.4, 0.5) is 0 Å². The SMILES string of the molecule is COC(CO)C(O)C(O)C(O)OC1C(O)C(C)OC(CO)C1O. The van der Waals surface area contributed by atoms with E-state index in [1.807, 2.05) is 0 Å². The number of aliphatic hydroxyl groups is 7. The van der Waals surface area contributed by atoms with Crippen LogP contribution in [0, 0.1) is 0 Å². The first-order valence-electron chi connectivity index (χ1n) is 7.24. The molecular weight excluding hydrogens is 316 g/mol. The number of hydrogen-bond donors (Lipinski definition) is 7. The molecule has 0 bridgehead atoms. The van der Waals surface area contributed by atoms with Gasteiger partial charge in [-0.15, -0.1) is 0 Å². The third kappa shape index (κ3) is 4.79. The standard InChI is InChI=1S/C13H26O10/c1-5-8(16)12(10(18)7(4-15)22-5)23-13(20)11(19)9(17)6(3-14)21-2/h5-20H,3-4H2,1-2H3. The molecule has 10 nitrogen and oxygen atoms in total. The van der Waals surface area contributed by atoms with Gasteiger partial charge in [-0.1, -0.05) is 0 Å². The normalized spacial score (nSPS) is 37.2. The maximum absolute atomic E-state index is 10.00. The van der Waals surface area contributed by atoms with Crippen LogP contribution in [0.3, 0.4) is 0 Å². The average Bonchev–Trinajstić information content (AvgIpc) is 2.54. The lowest BCUT2D eigenvalue weighted by Gasteiger charge is -2.42. The first kappa shape index (κ1) is 20.6. The van der Waals surface area contributed by atoms with E-state index < -0.39 is 68.3 Å². The van der Waals surface area contributed by atoms with Gasteiger partial charge in [-0.3, -0.25) is 0 Å². The molecule has 0 amide bonds. The first-order chi connectivity index (χ1) is 10.8. The summed E-state index contributed by atoms with van der Waals surface area (Å²) in [4.78, 5) is 0. The molecule has 1 saturated heterocycles. The Morgan fingerprint density at radius 3 is 2.13 bits per heavy atom. The van der Waals surface area contributed by atoms with Crippen molar-refractivity contribution < 1.29 is 50.0 Å². The van der Waals surface area contributed by atoms with E-state index in [1.54, 1.807) is 0 Å². The second kappa shape index (κ2) is 9.18. The summed E-state index contributed by atoms with van der Waals surface area (Å²) in [6, 6.07) is 0. The molecule has 0 saturated carbocycles. The zero-order chi connectivity index (χ0) is 17.7. The van der Waals surface area contributed by atoms with Crippen molar-refractivity contribution in [3.8, 4) is 0 Å². The maximum Gasteiger partial charge on any atom is 0.184 e. The van der Waals surface area contributed by atoms with E-state index in [4.69, 9.17) is 24.4 Å². The van der Waals surface area contributed by atoms with Crippen LogP contribution in [-0.4, -0.2) is 111 Å². The van der Waals surface area contributed by atoms with Gasteiger partial charge >= 0.3 is 0 Å². The highest BCUT2D eigenvalue weighted by atomic mass is 16.6. The predicted octanol–water partition coefficient (Wildman–Crippen LogP) is -4.08. The molecule has 0 spiro atoms. The fourth-order valence-corrected chi connectivity index (χ4v) is 2.38. The Kier molecular flexibility index (Phi) is 8.24. The molecule has 0 radical (unpaired) electrons. The van der Waals surface area contributed by atoms with Crippen molar-refractivity contribution in [2.45, 2.75) is 62.0 Å². The molecule has 0 aromatic heterocycles. The van der Waals surface area contributed by atoms with Crippen molar-refractivity contribution in [1.82, 2.24) is 0 Å². The molecule has 0 aliphatic carbocycles. The number of aliphatic hydroxyl groups excluding tert-OH is 7. The van der Waals surface area contributed by atoms with E-state index in [0.29, 0.717) is 0 Å². The zero-order valence-corrected chi connectivity index (χ0v) is 13.0. The Morgan fingerprint density at radius 1 is 1.04 bits per heavy atom. The van der Waals surface area contributed by atoms with Gasteiger partial charge in [0.05, 0.1) is 19.3 Å². The molecule has 9 unspecified atom stereocenters. The number of rotatable bonds is 8. The summed E-state index contributed by atoms with van der Waals surface area (Å²) in [7, 11) is 1.20. The third-order valence-corrected chi connectivity index (χ3v) is 3.91. The quantitative estimate of drug-likeness (QED) is 0.215. The van der Waals surface area contributed by atoms with Crippen LogP contribution in [0.2, 0.25) is 0 Å². The van der Waals surface area contributed by atoms with Crippen LogP contribution in [0.15, 0.2) is 0 Å². The van der Waals surface area contributed by atoms with E-state index in [1.165, 1.54) is 14.0 Å². The minimum absolute atomic E-state index is 0.532. The Labute approximate surface area is 133 Å². The number of methoxy groups -OCH3 is 1. The highest BCUT2D eigenvalue weighted by molar-refractivity contribution is 4.92. The molecule has 0 aromatic carbocycles. The zero-order valence-electron chi connectivity index (χ0n) is 13.0. The molecule has 1 rings (SSSR count). The van der Waals surface area contributed by atoms with Gasteiger partial charge in [-0.2, -0.15) is 0 Å². The van der Waals surface area contributed by atoms with Crippen molar-refractivity contribution in [3.63, 3.8) is 0 Å². The van der Waals surface area contributed by atoms with Crippen LogP contribution in [0.1, 0.15) is 6.92 Å². The predicted molar refractivity (Wildman–Crippen MR) is 74.2 cm³/mol. The fourth-order valence-electron chi connectivity index (χ4n) is 2.38. The summed E-state index contributed by atoms with van der Waals surface area (Å²) in [5, 5.41) is 67.6. The van der Waals surface area contributed by atoms with Crippen LogP contribution in [-0.2, 0) is 14.2 Å². The first-order valence-corrected chi connectivity index (χ1v) is 7.24. The van der Waals surface area contributed by atoms with Crippen LogP contribution < -0.4 is 0 Å². The van der Waals surface area contributed by atoms with Gasteiger partial charge in [0.2, 0.25) is 0 Å². The van der Waals surface area contributed by atoms with Crippen molar-refractivity contribution in [3.05, 3.63) is 0 Å². The molecule has 7 N–H and O–H groups in total. The smallest absolute Gasteiger partial charge is 0.184 e. The van der Waals surface area contributed by atoms with Gasteiger partial charge in [0, 0.05) is 7.11 Å². The summed E-state index contributed by atoms with van der Waals surface area (Å²) >= 11 is 0. The fraction of sp³-hybridized carbons (Fsp3) is 1.00. The Bertz CT molecular complexity index is 339. The molecule has 1 heterocycles. The van der Waals surface area contributed by atoms with E-state index in [2.05, 4.69) is 0 Å². The van der Waals surface area contributed by atoms with Crippen molar-refractivity contribution in [2.75, 3.05) is 20.3 Å². The van der Waals surface area contributed by atoms with Gasteiger partial charge in [-0.25, -0.2) is 0 Å². The van der Waals surface area contributed by atoms with Crippen LogP contribution in [0.5, 0.6) is 0 Å². The molecule has 10 heteroatoms. The van der Waals surface area contributed by atoms with Crippen LogP contribution >= 0.6 is 0 Å².